The molecule has 0 bridgehead atoms. The van der Waals surface area contributed by atoms with E-state index in [9.17, 15) is 14.5 Å². The molecule has 0 unspecified atom stereocenters. The summed E-state index contributed by atoms with van der Waals surface area (Å²) in [5.41, 5.74) is 0.535. The van der Waals surface area contributed by atoms with Gasteiger partial charge in [-0.05, 0) is 17.7 Å². The van der Waals surface area contributed by atoms with E-state index in [1.54, 1.807) is 12.1 Å². The predicted octanol–water partition coefficient (Wildman–Crippen LogP) is 2.69. The van der Waals surface area contributed by atoms with Gasteiger partial charge in [0.05, 0.1) is 32.4 Å². The van der Waals surface area contributed by atoms with E-state index in [1.165, 1.54) is 20.3 Å². The summed E-state index contributed by atoms with van der Waals surface area (Å²) in [6.07, 6.45) is 2.39. The van der Waals surface area contributed by atoms with Crippen LogP contribution in [0, 0.1) is 10.1 Å². The maximum absolute atomic E-state index is 12.1. The highest BCUT2D eigenvalue weighted by Crippen LogP contribution is 2.39. The van der Waals surface area contributed by atoms with Crippen molar-refractivity contribution in [3.05, 3.63) is 34.0 Å². The molecule has 1 aromatic carbocycles. The number of methoxy groups -OCH3 is 2. The van der Waals surface area contributed by atoms with Crippen LogP contribution < -0.4 is 14.2 Å². The monoisotopic (exact) mass is 285 g/mol. The molecule has 0 aromatic heterocycles. The Hall–Kier alpha value is -2.31. The third kappa shape index (κ3) is 4.42. The topological polar surface area (TPSA) is 70.8 Å². The zero-order valence-corrected chi connectivity index (χ0v) is 11.3. The van der Waals surface area contributed by atoms with Crippen molar-refractivity contribution in [3.8, 4) is 17.2 Å². The fraction of sp³-hybridized carbons (Fsp3) is 0.385. The summed E-state index contributed by atoms with van der Waals surface area (Å²) in [5.74, 6) is 1.08. The standard InChI is InChI=1S/C13H16FNO5/c1-18-11-8-10(4-6-15(16)17)9-12(19-2)13(11)20-7-3-5-14/h4,6,8-9H,3,5,7H2,1-2H3. The van der Waals surface area contributed by atoms with E-state index in [-0.39, 0.29) is 13.0 Å². The number of nitro groups is 1. The summed E-state index contributed by atoms with van der Waals surface area (Å²) in [7, 11) is 2.88. The summed E-state index contributed by atoms with van der Waals surface area (Å²) in [5, 5.41) is 10.3. The van der Waals surface area contributed by atoms with Crippen molar-refractivity contribution < 1.29 is 23.5 Å². The Bertz CT molecular complexity index is 465. The van der Waals surface area contributed by atoms with Gasteiger partial charge in [0.2, 0.25) is 11.9 Å². The highest BCUT2D eigenvalue weighted by atomic mass is 19.1. The highest BCUT2D eigenvalue weighted by Gasteiger charge is 2.13. The highest BCUT2D eigenvalue weighted by molar-refractivity contribution is 5.61. The van der Waals surface area contributed by atoms with Gasteiger partial charge in [0.25, 0.3) is 0 Å². The van der Waals surface area contributed by atoms with Gasteiger partial charge in [-0.25, -0.2) is 0 Å². The summed E-state index contributed by atoms with van der Waals surface area (Å²) >= 11 is 0. The molecule has 110 valence electrons. The Morgan fingerprint density at radius 1 is 1.30 bits per heavy atom. The van der Waals surface area contributed by atoms with Gasteiger partial charge in [-0.2, -0.15) is 0 Å². The second-order valence-electron chi connectivity index (χ2n) is 3.75. The van der Waals surface area contributed by atoms with Crippen LogP contribution in [0.3, 0.4) is 0 Å². The lowest BCUT2D eigenvalue weighted by molar-refractivity contribution is -0.400. The molecule has 0 N–H and O–H groups in total. The predicted molar refractivity (Wildman–Crippen MR) is 71.7 cm³/mol. The first-order chi connectivity index (χ1) is 9.62. The van der Waals surface area contributed by atoms with Crippen molar-refractivity contribution in [3.63, 3.8) is 0 Å². The van der Waals surface area contributed by atoms with Gasteiger partial charge in [-0.1, -0.05) is 0 Å². The maximum atomic E-state index is 12.1. The minimum atomic E-state index is -0.565. The third-order valence-electron chi connectivity index (χ3n) is 2.40. The molecule has 0 amide bonds. The number of benzene rings is 1. The average Bonchev–Trinajstić information content (AvgIpc) is 2.45. The second kappa shape index (κ2) is 7.98. The van der Waals surface area contributed by atoms with Crippen molar-refractivity contribution in [1.82, 2.24) is 0 Å². The van der Waals surface area contributed by atoms with Gasteiger partial charge in [-0.15, -0.1) is 0 Å². The van der Waals surface area contributed by atoms with E-state index in [1.807, 2.05) is 0 Å². The number of hydrogen-bond donors (Lipinski definition) is 0. The van der Waals surface area contributed by atoms with Crippen LogP contribution in [-0.4, -0.2) is 32.4 Å². The van der Waals surface area contributed by atoms with Gasteiger partial charge in [0.1, 0.15) is 0 Å². The van der Waals surface area contributed by atoms with E-state index in [2.05, 4.69) is 0 Å². The van der Waals surface area contributed by atoms with Crippen LogP contribution in [0.1, 0.15) is 12.0 Å². The molecule has 0 atom stereocenters. The first-order valence-corrected chi connectivity index (χ1v) is 5.88. The number of hydrogen-bond acceptors (Lipinski definition) is 5. The molecule has 0 aliphatic rings. The van der Waals surface area contributed by atoms with Crippen LogP contribution in [0.2, 0.25) is 0 Å². The molecule has 0 aliphatic carbocycles. The molecule has 0 fully saturated rings. The molecule has 1 aromatic rings. The van der Waals surface area contributed by atoms with Crippen molar-refractivity contribution in [2.45, 2.75) is 6.42 Å². The van der Waals surface area contributed by atoms with E-state index in [0.29, 0.717) is 22.8 Å². The largest absolute Gasteiger partial charge is 0.493 e. The Morgan fingerprint density at radius 2 is 1.90 bits per heavy atom. The van der Waals surface area contributed by atoms with Gasteiger partial charge in [-0.3, -0.25) is 14.5 Å². The quantitative estimate of drug-likeness (QED) is 0.417. The fourth-order valence-corrected chi connectivity index (χ4v) is 1.51. The zero-order valence-electron chi connectivity index (χ0n) is 11.3. The minimum Gasteiger partial charge on any atom is -0.493 e. The van der Waals surface area contributed by atoms with Crippen LogP contribution in [0.15, 0.2) is 18.3 Å². The number of ether oxygens (including phenoxy) is 3. The summed E-state index contributed by atoms with van der Waals surface area (Å²) < 4.78 is 27.8. The summed E-state index contributed by atoms with van der Waals surface area (Å²) in [6, 6.07) is 3.15. The number of rotatable bonds is 8. The number of nitrogens with zero attached hydrogens (tertiary/aromatic N) is 1. The van der Waals surface area contributed by atoms with Crippen molar-refractivity contribution in [1.29, 1.82) is 0 Å². The second-order valence-corrected chi connectivity index (χ2v) is 3.75. The van der Waals surface area contributed by atoms with E-state index in [4.69, 9.17) is 14.2 Å². The molecular formula is C13H16FNO5. The normalized spacial score (nSPS) is 10.6. The van der Waals surface area contributed by atoms with E-state index < -0.39 is 11.6 Å². The SMILES string of the molecule is COc1cc(C=C[N+](=O)[O-])cc(OC)c1OCCCF. The number of alkyl halides is 1. The van der Waals surface area contributed by atoms with Crippen LogP contribution in [0.4, 0.5) is 4.39 Å². The third-order valence-corrected chi connectivity index (χ3v) is 2.40. The lowest BCUT2D eigenvalue weighted by atomic mass is 10.1. The molecule has 0 saturated heterocycles. The summed E-state index contributed by atoms with van der Waals surface area (Å²) in [6.45, 7) is -0.290. The molecule has 20 heavy (non-hydrogen) atoms. The average molecular weight is 285 g/mol. The maximum Gasteiger partial charge on any atom is 0.235 e. The van der Waals surface area contributed by atoms with Crippen molar-refractivity contribution >= 4 is 6.08 Å². The molecule has 0 saturated carbocycles. The van der Waals surface area contributed by atoms with Crippen LogP contribution in [-0.2, 0) is 0 Å². The fourth-order valence-electron chi connectivity index (χ4n) is 1.51. The van der Waals surface area contributed by atoms with Gasteiger partial charge in [0.15, 0.2) is 11.5 Å². The molecule has 0 aliphatic heterocycles. The molecule has 6 nitrogen and oxygen atoms in total. The summed E-state index contributed by atoms with van der Waals surface area (Å²) in [4.78, 5) is 9.75. The van der Waals surface area contributed by atoms with E-state index >= 15 is 0 Å². The minimum absolute atomic E-state index is 0.188. The van der Waals surface area contributed by atoms with Crippen molar-refractivity contribution in [2.24, 2.45) is 0 Å². The first-order valence-electron chi connectivity index (χ1n) is 5.88. The zero-order chi connectivity index (χ0) is 15.0. The Labute approximate surface area is 115 Å². The van der Waals surface area contributed by atoms with Crippen LogP contribution >= 0.6 is 0 Å². The van der Waals surface area contributed by atoms with Crippen LogP contribution in [0.25, 0.3) is 6.08 Å². The molecule has 0 spiro atoms. The molecule has 0 heterocycles. The van der Waals surface area contributed by atoms with Gasteiger partial charge in [0, 0.05) is 12.5 Å². The molecule has 7 heteroatoms. The van der Waals surface area contributed by atoms with Crippen LogP contribution in [0.5, 0.6) is 17.2 Å². The smallest absolute Gasteiger partial charge is 0.235 e. The number of halogens is 1. The molecule has 1 rings (SSSR count). The lowest BCUT2D eigenvalue weighted by Gasteiger charge is -2.14. The first kappa shape index (κ1) is 15.7. The van der Waals surface area contributed by atoms with Gasteiger partial charge < -0.3 is 14.2 Å². The van der Waals surface area contributed by atoms with E-state index in [0.717, 1.165) is 6.20 Å². The Kier molecular flexibility index (Phi) is 6.28. The van der Waals surface area contributed by atoms with Crippen molar-refractivity contribution in [2.75, 3.05) is 27.5 Å². The lowest BCUT2D eigenvalue weighted by Crippen LogP contribution is -2.02. The Balaban J connectivity index is 3.07. The Morgan fingerprint density at radius 3 is 2.35 bits per heavy atom. The van der Waals surface area contributed by atoms with Gasteiger partial charge >= 0.3 is 0 Å². The molecular weight excluding hydrogens is 269 g/mol. The molecule has 0 radical (unpaired) electrons.